The zero-order valence-corrected chi connectivity index (χ0v) is 38.7. The molecule has 1 heterocycles. The van der Waals surface area contributed by atoms with E-state index in [2.05, 4.69) is 26.0 Å². The van der Waals surface area contributed by atoms with Gasteiger partial charge in [0.25, 0.3) is 0 Å². The van der Waals surface area contributed by atoms with Gasteiger partial charge in [0.05, 0.1) is 13.2 Å². The van der Waals surface area contributed by atoms with E-state index in [-0.39, 0.29) is 32.0 Å². The lowest BCUT2D eigenvalue weighted by Crippen LogP contribution is -2.59. The van der Waals surface area contributed by atoms with Crippen LogP contribution in [0, 0.1) is 0 Å². The minimum atomic E-state index is -1.59. The van der Waals surface area contributed by atoms with E-state index in [0.717, 1.165) is 51.4 Å². The van der Waals surface area contributed by atoms with Gasteiger partial charge < -0.3 is 39.4 Å². The fourth-order valence-electron chi connectivity index (χ4n) is 7.89. The lowest BCUT2D eigenvalue weighted by atomic mass is 9.99. The largest absolute Gasteiger partial charge is 0.462 e. The highest BCUT2D eigenvalue weighted by Gasteiger charge is 2.44. The van der Waals surface area contributed by atoms with Crippen LogP contribution in [0.25, 0.3) is 0 Å². The molecule has 0 spiro atoms. The van der Waals surface area contributed by atoms with Crippen molar-refractivity contribution in [2.24, 2.45) is 0 Å². The molecule has 0 aromatic heterocycles. The minimum Gasteiger partial charge on any atom is -0.462 e. The second-order valence-electron chi connectivity index (χ2n) is 17.6. The predicted octanol–water partition coefficient (Wildman–Crippen LogP) is 11.5. The van der Waals surface area contributed by atoms with Gasteiger partial charge in [-0.3, -0.25) is 9.59 Å². The van der Waals surface area contributed by atoms with Gasteiger partial charge in [0.1, 0.15) is 31.0 Å². The van der Waals surface area contributed by atoms with E-state index in [1.54, 1.807) is 0 Å². The van der Waals surface area contributed by atoms with Crippen molar-refractivity contribution in [3.05, 3.63) is 12.2 Å². The first-order valence-corrected chi connectivity index (χ1v) is 25.3. The number of carbonyl (C=O) groups is 2. The summed E-state index contributed by atoms with van der Waals surface area (Å²) in [5, 5.41) is 40.1. The van der Waals surface area contributed by atoms with Crippen LogP contribution in [0.5, 0.6) is 0 Å². The van der Waals surface area contributed by atoms with Crippen LogP contribution in [0.2, 0.25) is 0 Å². The van der Waals surface area contributed by atoms with Crippen molar-refractivity contribution in [3.63, 3.8) is 0 Å². The Hall–Kier alpha value is -1.56. The predicted molar refractivity (Wildman–Crippen MR) is 243 cm³/mol. The lowest BCUT2D eigenvalue weighted by molar-refractivity contribution is -0.305. The number of allylic oxidation sites excluding steroid dienone is 2. The molecular weight excluding hydrogens is 761 g/mol. The number of hydrogen-bond donors (Lipinski definition) is 4. The quantitative estimate of drug-likeness (QED) is 0.0265. The van der Waals surface area contributed by atoms with Crippen molar-refractivity contribution < 1.29 is 49.0 Å². The molecule has 1 saturated heterocycles. The second-order valence-corrected chi connectivity index (χ2v) is 17.6. The highest BCUT2D eigenvalue weighted by atomic mass is 16.7. The molecule has 2 unspecified atom stereocenters. The molecule has 0 bridgehead atoms. The Kier molecular flexibility index (Phi) is 39.0. The standard InChI is InChI=1S/C50H94O10/c1-3-5-7-9-11-13-15-17-19-20-21-22-23-24-25-27-28-30-32-34-36-38-45(52)57-41-43(42-58-50-49(56)48(55)47(54)44(40-51)60-50)59-46(53)39-37-35-33-31-29-26-18-16-14-12-10-8-6-4-2/h16,18,43-44,47-51,54-56H,3-15,17,19-42H2,1-2H3/b18-16+/t43-,44-,47+,48?,49?,50-/m0/s1. The van der Waals surface area contributed by atoms with E-state index in [1.807, 2.05) is 0 Å². The summed E-state index contributed by atoms with van der Waals surface area (Å²) in [6.07, 6.45) is 37.9. The fourth-order valence-corrected chi connectivity index (χ4v) is 7.89. The first-order chi connectivity index (χ1) is 29.3. The summed E-state index contributed by atoms with van der Waals surface area (Å²) in [5.41, 5.74) is 0. The average Bonchev–Trinajstić information content (AvgIpc) is 3.25. The smallest absolute Gasteiger partial charge is 0.306 e. The Labute approximate surface area is 367 Å². The Morgan fingerprint density at radius 2 is 0.883 bits per heavy atom. The number of aliphatic hydroxyl groups is 4. The third-order valence-corrected chi connectivity index (χ3v) is 11.9. The maximum atomic E-state index is 12.8. The molecule has 1 rings (SSSR count). The molecule has 1 aliphatic rings. The van der Waals surface area contributed by atoms with Crippen LogP contribution in [0.3, 0.4) is 0 Å². The highest BCUT2D eigenvalue weighted by Crippen LogP contribution is 2.23. The van der Waals surface area contributed by atoms with Crippen molar-refractivity contribution >= 4 is 11.9 Å². The van der Waals surface area contributed by atoms with E-state index in [9.17, 15) is 30.0 Å². The molecule has 0 radical (unpaired) electrons. The van der Waals surface area contributed by atoms with Crippen molar-refractivity contribution in [2.45, 2.75) is 275 Å². The summed E-state index contributed by atoms with van der Waals surface area (Å²) in [4.78, 5) is 25.4. The number of esters is 2. The molecule has 0 amide bonds. The van der Waals surface area contributed by atoms with E-state index in [0.29, 0.717) is 6.42 Å². The Morgan fingerprint density at radius 3 is 1.30 bits per heavy atom. The first-order valence-electron chi connectivity index (χ1n) is 25.3. The molecule has 1 aliphatic heterocycles. The molecule has 4 N–H and O–H groups in total. The van der Waals surface area contributed by atoms with Crippen LogP contribution in [0.15, 0.2) is 12.2 Å². The van der Waals surface area contributed by atoms with Crippen LogP contribution in [-0.4, -0.2) is 89.0 Å². The van der Waals surface area contributed by atoms with E-state index in [1.165, 1.54) is 154 Å². The SMILES string of the molecule is CCCCCCC/C=C/CCCCCCCC(=O)O[C@@H](COC(=O)CCCCCCCCCCCCCCCCCCCCCCC)CO[C@H]1O[C@@H](CO)[C@@H](O)C(O)C1O. The fraction of sp³-hybridized carbons (Fsp3) is 0.920. The third kappa shape index (κ3) is 32.2. The Bertz CT molecular complexity index is 990. The number of ether oxygens (including phenoxy) is 4. The van der Waals surface area contributed by atoms with Crippen LogP contribution in [0.4, 0.5) is 0 Å². The first kappa shape index (κ1) is 56.5. The summed E-state index contributed by atoms with van der Waals surface area (Å²) in [5.74, 6) is -0.803. The van der Waals surface area contributed by atoms with Crippen LogP contribution in [-0.2, 0) is 28.5 Å². The third-order valence-electron chi connectivity index (χ3n) is 11.9. The van der Waals surface area contributed by atoms with Crippen molar-refractivity contribution in [3.8, 4) is 0 Å². The Balaban J connectivity index is 2.24. The van der Waals surface area contributed by atoms with Gasteiger partial charge in [-0.1, -0.05) is 199 Å². The molecule has 354 valence electrons. The van der Waals surface area contributed by atoms with Gasteiger partial charge in [-0.25, -0.2) is 0 Å². The van der Waals surface area contributed by atoms with Gasteiger partial charge in [0, 0.05) is 12.8 Å². The minimum absolute atomic E-state index is 0.215. The number of unbranched alkanes of at least 4 members (excludes halogenated alkanes) is 30. The summed E-state index contributed by atoms with van der Waals surface area (Å²) < 4.78 is 22.2. The molecule has 0 aliphatic carbocycles. The van der Waals surface area contributed by atoms with Crippen LogP contribution >= 0.6 is 0 Å². The molecule has 0 aromatic rings. The summed E-state index contributed by atoms with van der Waals surface area (Å²) in [6.45, 7) is 3.44. The number of carbonyl (C=O) groups excluding carboxylic acids is 2. The van der Waals surface area contributed by atoms with Crippen molar-refractivity contribution in [1.29, 1.82) is 0 Å². The molecule has 10 nitrogen and oxygen atoms in total. The molecule has 6 atom stereocenters. The lowest BCUT2D eigenvalue weighted by Gasteiger charge is -2.39. The molecule has 10 heteroatoms. The van der Waals surface area contributed by atoms with Crippen molar-refractivity contribution in [2.75, 3.05) is 19.8 Å². The average molecular weight is 855 g/mol. The van der Waals surface area contributed by atoms with Gasteiger partial charge in [0.15, 0.2) is 12.4 Å². The van der Waals surface area contributed by atoms with Gasteiger partial charge in [-0.15, -0.1) is 0 Å². The molecule has 0 saturated carbocycles. The van der Waals surface area contributed by atoms with Gasteiger partial charge in [0.2, 0.25) is 0 Å². The normalized spacial score (nSPS) is 19.9. The van der Waals surface area contributed by atoms with E-state index >= 15 is 0 Å². The number of rotatable bonds is 43. The van der Waals surface area contributed by atoms with Gasteiger partial charge in [-0.2, -0.15) is 0 Å². The second kappa shape index (κ2) is 41.5. The molecular formula is C50H94O10. The molecule has 1 fully saturated rings. The summed E-state index contributed by atoms with van der Waals surface area (Å²) in [6, 6.07) is 0. The molecule has 0 aromatic carbocycles. The number of aliphatic hydroxyl groups excluding tert-OH is 4. The zero-order chi connectivity index (χ0) is 43.7. The maximum absolute atomic E-state index is 12.8. The van der Waals surface area contributed by atoms with Gasteiger partial charge in [-0.05, 0) is 38.5 Å². The van der Waals surface area contributed by atoms with E-state index in [4.69, 9.17) is 18.9 Å². The van der Waals surface area contributed by atoms with Crippen LogP contribution in [0.1, 0.15) is 239 Å². The Morgan fingerprint density at radius 1 is 0.500 bits per heavy atom. The highest BCUT2D eigenvalue weighted by molar-refractivity contribution is 5.70. The zero-order valence-electron chi connectivity index (χ0n) is 38.7. The topological polar surface area (TPSA) is 152 Å². The van der Waals surface area contributed by atoms with Crippen LogP contribution < -0.4 is 0 Å². The monoisotopic (exact) mass is 855 g/mol. The van der Waals surface area contributed by atoms with Gasteiger partial charge >= 0.3 is 11.9 Å². The summed E-state index contributed by atoms with van der Waals surface area (Å²) in [7, 11) is 0. The van der Waals surface area contributed by atoms with E-state index < -0.39 is 49.4 Å². The number of hydrogen-bond acceptors (Lipinski definition) is 10. The summed E-state index contributed by atoms with van der Waals surface area (Å²) >= 11 is 0. The molecule has 60 heavy (non-hydrogen) atoms. The van der Waals surface area contributed by atoms with Crippen molar-refractivity contribution in [1.82, 2.24) is 0 Å². The maximum Gasteiger partial charge on any atom is 0.306 e.